The summed E-state index contributed by atoms with van der Waals surface area (Å²) in [5.41, 5.74) is 6.75. The van der Waals surface area contributed by atoms with Crippen LogP contribution >= 0.6 is 0 Å². The molecule has 0 aromatic carbocycles. The van der Waals surface area contributed by atoms with Crippen LogP contribution in [0, 0.1) is 0 Å². The van der Waals surface area contributed by atoms with Crippen molar-refractivity contribution < 1.29 is 9.59 Å². The zero-order chi connectivity index (χ0) is 10.1. The minimum absolute atomic E-state index is 0.303. The van der Waals surface area contributed by atoms with Gasteiger partial charge < -0.3 is 5.73 Å². The first-order valence-electron chi connectivity index (χ1n) is 4.18. The van der Waals surface area contributed by atoms with Gasteiger partial charge in [-0.2, -0.15) is 0 Å². The number of amides is 1. The topological polar surface area (TPSA) is 72.5 Å². The predicted molar refractivity (Wildman–Crippen MR) is 51.6 cm³/mol. The number of ketones is 1. The third-order valence-electron chi connectivity index (χ3n) is 2.13. The van der Waals surface area contributed by atoms with E-state index in [4.69, 9.17) is 5.73 Å². The van der Waals surface area contributed by atoms with Gasteiger partial charge in [-0.3, -0.25) is 14.6 Å². The van der Waals surface area contributed by atoms with Crippen LogP contribution in [0.25, 0.3) is 0 Å². The lowest BCUT2D eigenvalue weighted by Crippen LogP contribution is -2.25. The van der Waals surface area contributed by atoms with E-state index in [0.717, 1.165) is 11.3 Å². The molecule has 2 N–H and O–H groups in total. The zero-order valence-electron chi connectivity index (χ0n) is 7.36. The summed E-state index contributed by atoms with van der Waals surface area (Å²) in [7, 11) is 0. The molecule has 1 heterocycles. The second-order valence-corrected chi connectivity index (χ2v) is 3.02. The fourth-order valence-corrected chi connectivity index (χ4v) is 1.44. The van der Waals surface area contributed by atoms with Gasteiger partial charge in [-0.05, 0) is 0 Å². The summed E-state index contributed by atoms with van der Waals surface area (Å²) in [6.45, 7) is 0. The lowest BCUT2D eigenvalue weighted by Gasteiger charge is -2.06. The number of rotatable bonds is 2. The molecule has 0 saturated carbocycles. The van der Waals surface area contributed by atoms with E-state index in [9.17, 15) is 9.59 Å². The molecule has 4 heteroatoms. The normalized spacial score (nSPS) is 18.1. The molecular weight excluding hydrogens is 180 g/mol. The first-order chi connectivity index (χ1) is 6.70. The first-order valence-corrected chi connectivity index (χ1v) is 4.18. The Hall–Kier alpha value is -1.97. The van der Waals surface area contributed by atoms with Gasteiger partial charge in [-0.15, -0.1) is 0 Å². The number of primary amides is 1. The highest BCUT2D eigenvalue weighted by Gasteiger charge is 2.26. The van der Waals surface area contributed by atoms with E-state index < -0.39 is 11.7 Å². The minimum Gasteiger partial charge on any atom is -0.363 e. The van der Waals surface area contributed by atoms with E-state index in [1.165, 1.54) is 6.20 Å². The number of carbonyl (C=O) groups excluding carboxylic acids is 2. The Morgan fingerprint density at radius 2 is 2.21 bits per heavy atom. The Kier molecular flexibility index (Phi) is 1.89. The quantitative estimate of drug-likeness (QED) is 0.631. The Bertz CT molecular complexity index is 439. The van der Waals surface area contributed by atoms with Crippen molar-refractivity contribution in [2.24, 2.45) is 10.7 Å². The van der Waals surface area contributed by atoms with Crippen molar-refractivity contribution in [1.29, 1.82) is 0 Å². The van der Waals surface area contributed by atoms with Crippen LogP contribution in [0.3, 0.4) is 0 Å². The van der Waals surface area contributed by atoms with E-state index in [1.54, 1.807) is 6.08 Å². The van der Waals surface area contributed by atoms with Crippen molar-refractivity contribution in [2.45, 2.75) is 6.42 Å². The number of hydrogen-bond donors (Lipinski definition) is 1. The molecule has 0 unspecified atom stereocenters. The Balaban J connectivity index is 2.34. The van der Waals surface area contributed by atoms with Gasteiger partial charge in [0.25, 0.3) is 11.7 Å². The smallest absolute Gasteiger partial charge is 0.289 e. The maximum absolute atomic E-state index is 11.3. The van der Waals surface area contributed by atoms with Gasteiger partial charge >= 0.3 is 0 Å². The molecule has 0 atom stereocenters. The number of aliphatic imine (C=N–C) groups is 1. The van der Waals surface area contributed by atoms with Crippen molar-refractivity contribution in [3.63, 3.8) is 0 Å². The van der Waals surface area contributed by atoms with Gasteiger partial charge in [0.05, 0.1) is 11.3 Å². The minimum atomic E-state index is -0.942. The van der Waals surface area contributed by atoms with Gasteiger partial charge in [0.1, 0.15) is 0 Å². The highest BCUT2D eigenvalue weighted by molar-refractivity contribution is 6.45. The maximum Gasteiger partial charge on any atom is 0.289 e. The third-order valence-corrected chi connectivity index (χ3v) is 2.13. The molecule has 0 fully saturated rings. The molecule has 1 aliphatic carbocycles. The van der Waals surface area contributed by atoms with Crippen molar-refractivity contribution in [2.75, 3.05) is 0 Å². The summed E-state index contributed by atoms with van der Waals surface area (Å²) in [5.74, 6) is -1.62. The van der Waals surface area contributed by atoms with E-state index in [-0.39, 0.29) is 0 Å². The molecule has 0 spiro atoms. The number of allylic oxidation sites excluding steroid dienone is 4. The van der Waals surface area contributed by atoms with Crippen molar-refractivity contribution in [1.82, 2.24) is 0 Å². The fourth-order valence-electron chi connectivity index (χ4n) is 1.44. The summed E-state index contributed by atoms with van der Waals surface area (Å²) < 4.78 is 0. The van der Waals surface area contributed by atoms with Gasteiger partial charge in [0.15, 0.2) is 0 Å². The highest BCUT2D eigenvalue weighted by atomic mass is 16.2. The number of carbonyl (C=O) groups is 2. The summed E-state index contributed by atoms with van der Waals surface area (Å²) in [4.78, 5) is 26.1. The van der Waals surface area contributed by atoms with Crippen LogP contribution in [0.2, 0.25) is 0 Å². The number of Topliss-reactive ketones (excluding diaryl/α,β-unsaturated/α-hetero) is 1. The van der Waals surface area contributed by atoms with E-state index in [2.05, 4.69) is 4.99 Å². The Morgan fingerprint density at radius 1 is 1.43 bits per heavy atom. The highest BCUT2D eigenvalue weighted by Crippen LogP contribution is 2.24. The van der Waals surface area contributed by atoms with Crippen LogP contribution in [-0.2, 0) is 9.59 Å². The molecule has 0 aromatic rings. The van der Waals surface area contributed by atoms with Crippen LogP contribution in [0.5, 0.6) is 0 Å². The molecule has 2 rings (SSSR count). The largest absolute Gasteiger partial charge is 0.363 e. The van der Waals surface area contributed by atoms with Crippen LogP contribution in [0.15, 0.2) is 40.6 Å². The van der Waals surface area contributed by atoms with E-state index >= 15 is 0 Å². The van der Waals surface area contributed by atoms with Gasteiger partial charge in [0, 0.05) is 18.2 Å². The van der Waals surface area contributed by atoms with Crippen LogP contribution < -0.4 is 5.73 Å². The van der Waals surface area contributed by atoms with Crippen LogP contribution in [0.4, 0.5) is 0 Å². The van der Waals surface area contributed by atoms with E-state index in [0.29, 0.717) is 12.0 Å². The van der Waals surface area contributed by atoms with Gasteiger partial charge in [-0.1, -0.05) is 18.2 Å². The Morgan fingerprint density at radius 3 is 2.93 bits per heavy atom. The molecule has 70 valence electrons. The number of fused-ring (bicyclic) bond motifs is 1. The number of hydrogen-bond acceptors (Lipinski definition) is 3. The van der Waals surface area contributed by atoms with Crippen molar-refractivity contribution in [3.05, 3.63) is 35.6 Å². The molecule has 1 aliphatic heterocycles. The maximum atomic E-state index is 11.3. The average Bonchev–Trinajstić information content (AvgIpc) is 2.60. The molecule has 0 bridgehead atoms. The Labute approximate surface area is 80.5 Å². The average molecular weight is 188 g/mol. The summed E-state index contributed by atoms with van der Waals surface area (Å²) in [5, 5.41) is 0. The number of nitrogens with two attached hydrogens (primary N) is 1. The van der Waals surface area contributed by atoms with Crippen molar-refractivity contribution in [3.8, 4) is 0 Å². The van der Waals surface area contributed by atoms with Crippen LogP contribution in [-0.4, -0.2) is 17.4 Å². The van der Waals surface area contributed by atoms with E-state index in [1.807, 2.05) is 12.2 Å². The molecule has 1 amide bonds. The molecular formula is C10H8N2O2. The monoisotopic (exact) mass is 188 g/mol. The van der Waals surface area contributed by atoms with Gasteiger partial charge in [0.2, 0.25) is 0 Å². The first kappa shape index (κ1) is 8.62. The lowest BCUT2D eigenvalue weighted by molar-refractivity contribution is -0.133. The molecule has 0 saturated heterocycles. The third kappa shape index (κ3) is 1.21. The summed E-state index contributed by atoms with van der Waals surface area (Å²) >= 11 is 0. The number of nitrogens with zero attached hydrogens (tertiary/aromatic N) is 1. The SMILES string of the molecule is NC(=O)C(=O)C1=CN=C2CC=CC=C12. The summed E-state index contributed by atoms with van der Waals surface area (Å²) in [6.07, 6.45) is 7.64. The molecule has 0 aromatic heterocycles. The summed E-state index contributed by atoms with van der Waals surface area (Å²) in [6, 6.07) is 0. The molecule has 2 aliphatic rings. The second kappa shape index (κ2) is 3.06. The fraction of sp³-hybridized carbons (Fsp3) is 0.100. The van der Waals surface area contributed by atoms with Gasteiger partial charge in [-0.25, -0.2) is 0 Å². The lowest BCUT2D eigenvalue weighted by atomic mass is 9.95. The molecule has 14 heavy (non-hydrogen) atoms. The zero-order valence-corrected chi connectivity index (χ0v) is 7.36. The van der Waals surface area contributed by atoms with Crippen LogP contribution in [0.1, 0.15) is 6.42 Å². The van der Waals surface area contributed by atoms with Crippen molar-refractivity contribution >= 4 is 17.4 Å². The predicted octanol–water partition coefficient (Wildman–Crippen LogP) is 0.266. The standard InChI is InChI=1S/C10H8N2O2/c11-10(14)9(13)7-5-12-8-4-2-1-3-6(7)8/h1-3,5H,4H2,(H2,11,14). The second-order valence-electron chi connectivity index (χ2n) is 3.02. The molecule has 0 radical (unpaired) electrons. The molecule has 4 nitrogen and oxygen atoms in total.